The second kappa shape index (κ2) is 5.53. The van der Waals surface area contributed by atoms with E-state index in [1.165, 1.54) is 0 Å². The topological polar surface area (TPSA) is 131 Å². The summed E-state index contributed by atoms with van der Waals surface area (Å²) in [6.07, 6.45) is 0. The van der Waals surface area contributed by atoms with E-state index in [0.717, 1.165) is 6.07 Å². The Labute approximate surface area is 116 Å². The van der Waals surface area contributed by atoms with Crippen LogP contribution in [0.15, 0.2) is 16.7 Å². The number of carboxylic acids is 1. The summed E-state index contributed by atoms with van der Waals surface area (Å²) in [5.74, 6) is -1.93. The van der Waals surface area contributed by atoms with Crippen LogP contribution in [0.1, 0.15) is 22.1 Å². The van der Waals surface area contributed by atoms with Crippen LogP contribution < -0.4 is 5.32 Å². The van der Waals surface area contributed by atoms with Crippen molar-refractivity contribution in [1.29, 1.82) is 0 Å². The molecule has 2 N–H and O–H groups in total. The molecule has 1 heterocycles. The van der Waals surface area contributed by atoms with Crippen LogP contribution in [0.4, 0.5) is 15.8 Å². The van der Waals surface area contributed by atoms with E-state index in [0.29, 0.717) is 11.9 Å². The first-order valence-electron chi connectivity index (χ1n) is 5.62. The lowest BCUT2D eigenvalue weighted by Gasteiger charge is -2.07. The van der Waals surface area contributed by atoms with Gasteiger partial charge in [0.1, 0.15) is 5.56 Å². The smallest absolute Gasteiger partial charge is 0.342 e. The minimum atomic E-state index is -1.53. The second-order valence-electron chi connectivity index (χ2n) is 4.00. The summed E-state index contributed by atoms with van der Waals surface area (Å²) in [5, 5.41) is 25.7. The molecule has 1 aromatic heterocycles. The van der Waals surface area contributed by atoms with Gasteiger partial charge in [-0.25, -0.2) is 9.18 Å². The van der Waals surface area contributed by atoms with Crippen molar-refractivity contribution < 1.29 is 23.7 Å². The molecule has 0 aliphatic heterocycles. The van der Waals surface area contributed by atoms with E-state index in [4.69, 9.17) is 9.63 Å². The number of aryl methyl sites for hydroxylation is 1. The van der Waals surface area contributed by atoms with Crippen molar-refractivity contribution in [2.45, 2.75) is 13.5 Å². The Balaban J connectivity index is 2.29. The number of nitro benzene ring substituents is 1. The van der Waals surface area contributed by atoms with Gasteiger partial charge in [-0.15, -0.1) is 0 Å². The number of hydrogen-bond donors (Lipinski definition) is 2. The predicted octanol–water partition coefficient (Wildman–Crippen LogP) is 1.74. The zero-order valence-electron chi connectivity index (χ0n) is 10.7. The number of nitrogens with zero attached hydrogens (tertiary/aromatic N) is 3. The number of aromatic carboxylic acids is 1. The second-order valence-corrected chi connectivity index (χ2v) is 4.00. The number of carbonyl (C=O) groups is 1. The van der Waals surface area contributed by atoms with E-state index in [1.54, 1.807) is 6.92 Å². The molecule has 9 nitrogen and oxygen atoms in total. The third kappa shape index (κ3) is 3.11. The largest absolute Gasteiger partial charge is 0.477 e. The summed E-state index contributed by atoms with van der Waals surface area (Å²) in [6.45, 7) is 1.55. The molecule has 0 amide bonds. The summed E-state index contributed by atoms with van der Waals surface area (Å²) >= 11 is 0. The first-order chi connectivity index (χ1) is 9.88. The molecule has 0 unspecified atom stereocenters. The number of nitrogens with one attached hydrogen (secondary N) is 1. The molecule has 0 saturated carbocycles. The van der Waals surface area contributed by atoms with Crippen LogP contribution in [0.25, 0.3) is 0 Å². The number of carboxylic acid groups (broad SMARTS) is 1. The molecule has 0 radical (unpaired) electrons. The van der Waals surface area contributed by atoms with Crippen molar-refractivity contribution in [2.75, 3.05) is 5.32 Å². The molecule has 0 bridgehead atoms. The highest BCUT2D eigenvalue weighted by molar-refractivity contribution is 5.93. The van der Waals surface area contributed by atoms with Gasteiger partial charge in [0.2, 0.25) is 5.89 Å². The van der Waals surface area contributed by atoms with Crippen molar-refractivity contribution in [1.82, 2.24) is 10.1 Å². The Morgan fingerprint density at radius 3 is 2.81 bits per heavy atom. The summed E-state index contributed by atoms with van der Waals surface area (Å²) in [7, 11) is 0. The van der Waals surface area contributed by atoms with Crippen molar-refractivity contribution >= 4 is 17.3 Å². The van der Waals surface area contributed by atoms with Crippen molar-refractivity contribution in [3.63, 3.8) is 0 Å². The lowest BCUT2D eigenvalue weighted by atomic mass is 10.1. The SMILES string of the molecule is Cc1noc(CNc2cc(C(=O)O)c([N+](=O)[O-])cc2F)n1. The van der Waals surface area contributed by atoms with Gasteiger partial charge in [0.25, 0.3) is 5.69 Å². The number of hydrogen-bond acceptors (Lipinski definition) is 7. The molecule has 1 aromatic carbocycles. The highest BCUT2D eigenvalue weighted by atomic mass is 19.1. The monoisotopic (exact) mass is 296 g/mol. The molecular formula is C11H9FN4O5. The number of halogens is 1. The van der Waals surface area contributed by atoms with Gasteiger partial charge in [0.15, 0.2) is 11.6 Å². The summed E-state index contributed by atoms with van der Waals surface area (Å²) in [5.41, 5.74) is -1.65. The van der Waals surface area contributed by atoms with Gasteiger partial charge in [-0.3, -0.25) is 10.1 Å². The fourth-order valence-corrected chi connectivity index (χ4v) is 1.60. The maximum atomic E-state index is 13.7. The van der Waals surface area contributed by atoms with Gasteiger partial charge in [0, 0.05) is 0 Å². The van der Waals surface area contributed by atoms with Crippen molar-refractivity contribution in [2.24, 2.45) is 0 Å². The molecule has 0 atom stereocenters. The number of benzene rings is 1. The van der Waals surface area contributed by atoms with Crippen LogP contribution in [0, 0.1) is 22.9 Å². The van der Waals surface area contributed by atoms with Gasteiger partial charge in [0.05, 0.1) is 23.2 Å². The van der Waals surface area contributed by atoms with Gasteiger partial charge in [-0.2, -0.15) is 4.98 Å². The Bertz CT molecular complexity index is 715. The molecule has 0 spiro atoms. The highest BCUT2D eigenvalue weighted by Crippen LogP contribution is 2.26. The Hall–Kier alpha value is -3.04. The van der Waals surface area contributed by atoms with E-state index in [-0.39, 0.29) is 18.1 Å². The standard InChI is InChI=1S/C11H9FN4O5/c1-5-14-10(21-15-5)4-13-8-2-6(11(17)18)9(16(19)20)3-7(8)12/h2-3,13H,4H2,1H3,(H,17,18). The summed E-state index contributed by atoms with van der Waals surface area (Å²) in [4.78, 5) is 24.6. The fourth-order valence-electron chi connectivity index (χ4n) is 1.60. The van der Waals surface area contributed by atoms with E-state index in [2.05, 4.69) is 15.5 Å². The molecule has 2 aromatic rings. The maximum Gasteiger partial charge on any atom is 0.342 e. The summed E-state index contributed by atoms with van der Waals surface area (Å²) < 4.78 is 18.5. The van der Waals surface area contributed by atoms with Crippen LogP contribution in [0.3, 0.4) is 0 Å². The Morgan fingerprint density at radius 1 is 1.57 bits per heavy atom. The number of rotatable bonds is 5. The normalized spacial score (nSPS) is 10.4. The van der Waals surface area contributed by atoms with E-state index < -0.39 is 28.0 Å². The lowest BCUT2D eigenvalue weighted by molar-refractivity contribution is -0.385. The maximum absolute atomic E-state index is 13.7. The van der Waals surface area contributed by atoms with Crippen LogP contribution in [0.5, 0.6) is 0 Å². The van der Waals surface area contributed by atoms with E-state index in [1.807, 2.05) is 0 Å². The molecule has 110 valence electrons. The number of anilines is 1. The minimum absolute atomic E-state index is 0.0470. The molecule has 0 aliphatic carbocycles. The molecule has 0 saturated heterocycles. The van der Waals surface area contributed by atoms with Gasteiger partial charge in [-0.05, 0) is 13.0 Å². The van der Waals surface area contributed by atoms with E-state index >= 15 is 0 Å². The molecule has 0 fully saturated rings. The average Bonchev–Trinajstić information content (AvgIpc) is 2.82. The van der Waals surface area contributed by atoms with E-state index in [9.17, 15) is 19.3 Å². The van der Waals surface area contributed by atoms with Crippen LogP contribution in [-0.2, 0) is 6.54 Å². The Kier molecular flexibility index (Phi) is 3.78. The van der Waals surface area contributed by atoms with Crippen LogP contribution in [0.2, 0.25) is 0 Å². The van der Waals surface area contributed by atoms with Crippen molar-refractivity contribution in [3.8, 4) is 0 Å². The first-order valence-corrected chi connectivity index (χ1v) is 5.62. The first kappa shape index (κ1) is 14.4. The molecule has 21 heavy (non-hydrogen) atoms. The third-order valence-corrected chi connectivity index (χ3v) is 2.51. The van der Waals surface area contributed by atoms with Gasteiger partial charge < -0.3 is 14.9 Å². The van der Waals surface area contributed by atoms with Crippen LogP contribution in [-0.4, -0.2) is 26.1 Å². The lowest BCUT2D eigenvalue weighted by Crippen LogP contribution is -2.07. The van der Waals surface area contributed by atoms with Gasteiger partial charge in [-0.1, -0.05) is 5.16 Å². The molecular weight excluding hydrogens is 287 g/mol. The quantitative estimate of drug-likeness (QED) is 0.629. The predicted molar refractivity (Wildman–Crippen MR) is 66.4 cm³/mol. The molecule has 2 rings (SSSR count). The zero-order chi connectivity index (χ0) is 15.6. The summed E-state index contributed by atoms with van der Waals surface area (Å²) in [6, 6.07) is 1.39. The van der Waals surface area contributed by atoms with Gasteiger partial charge >= 0.3 is 5.97 Å². The minimum Gasteiger partial charge on any atom is -0.477 e. The average molecular weight is 296 g/mol. The van der Waals surface area contributed by atoms with Crippen molar-refractivity contribution in [3.05, 3.63) is 45.3 Å². The third-order valence-electron chi connectivity index (χ3n) is 2.51. The molecule has 10 heteroatoms. The zero-order valence-corrected chi connectivity index (χ0v) is 10.7. The number of nitro groups is 1. The fraction of sp³-hybridized carbons (Fsp3) is 0.182. The highest BCUT2D eigenvalue weighted by Gasteiger charge is 2.23. The number of aromatic nitrogens is 2. The Morgan fingerprint density at radius 2 is 2.29 bits per heavy atom. The van der Waals surface area contributed by atoms with Crippen LogP contribution >= 0.6 is 0 Å². The molecule has 0 aliphatic rings.